The average molecular weight is 245 g/mol. The summed E-state index contributed by atoms with van der Waals surface area (Å²) in [6.45, 7) is 5.73. The first-order valence-corrected chi connectivity index (χ1v) is 7.11. The van der Waals surface area contributed by atoms with Gasteiger partial charge in [-0.1, -0.05) is 36.8 Å². The van der Waals surface area contributed by atoms with Crippen molar-refractivity contribution in [2.75, 3.05) is 6.61 Å². The molecule has 2 aliphatic heterocycles. The number of rotatable bonds is 3. The van der Waals surface area contributed by atoms with Gasteiger partial charge in [0, 0.05) is 18.6 Å². The van der Waals surface area contributed by atoms with Gasteiger partial charge in [0.25, 0.3) is 0 Å². The van der Waals surface area contributed by atoms with E-state index in [2.05, 4.69) is 43.0 Å². The van der Waals surface area contributed by atoms with E-state index in [0.717, 1.165) is 12.5 Å². The molecule has 1 aliphatic carbocycles. The van der Waals surface area contributed by atoms with Crippen molar-refractivity contribution in [3.8, 4) is 0 Å². The van der Waals surface area contributed by atoms with Crippen LogP contribution in [0.3, 0.4) is 0 Å². The van der Waals surface area contributed by atoms with Gasteiger partial charge >= 0.3 is 0 Å². The minimum atomic E-state index is 0.306. The van der Waals surface area contributed by atoms with Gasteiger partial charge in [-0.3, -0.25) is 4.90 Å². The van der Waals surface area contributed by atoms with E-state index in [1.807, 2.05) is 0 Å². The second-order valence-corrected chi connectivity index (χ2v) is 6.15. The molecule has 2 bridgehead atoms. The van der Waals surface area contributed by atoms with Gasteiger partial charge in [0.05, 0.1) is 6.61 Å². The fraction of sp³-hybridized carbons (Fsp3) is 0.625. The SMILES string of the molecule is Cc1ccc(CN2C3CC(C3)C(C)C2CO)cc1. The standard InChI is InChI=1S/C16H23NO/c1-11-3-5-13(6-4-11)9-17-15-7-14(8-15)12(2)16(17)10-18/h3-6,12,14-16,18H,7-10H2,1-2H3. The van der Waals surface area contributed by atoms with Crippen LogP contribution < -0.4 is 0 Å². The van der Waals surface area contributed by atoms with E-state index in [4.69, 9.17) is 0 Å². The lowest BCUT2D eigenvalue weighted by atomic mass is 9.65. The van der Waals surface area contributed by atoms with Gasteiger partial charge in [-0.25, -0.2) is 0 Å². The van der Waals surface area contributed by atoms with Crippen LogP contribution in [0.25, 0.3) is 0 Å². The van der Waals surface area contributed by atoms with Gasteiger partial charge in [-0.05, 0) is 37.2 Å². The number of piperidine rings is 2. The van der Waals surface area contributed by atoms with Gasteiger partial charge in [-0.15, -0.1) is 0 Å². The van der Waals surface area contributed by atoms with Crippen LogP contribution in [0.1, 0.15) is 30.9 Å². The fourth-order valence-corrected chi connectivity index (χ4v) is 3.64. The highest BCUT2D eigenvalue weighted by atomic mass is 16.3. The molecule has 1 saturated carbocycles. The Balaban J connectivity index is 1.75. The zero-order valence-corrected chi connectivity index (χ0v) is 11.3. The van der Waals surface area contributed by atoms with Crippen LogP contribution in [0.4, 0.5) is 0 Å². The highest BCUT2D eigenvalue weighted by molar-refractivity contribution is 5.22. The molecule has 98 valence electrons. The summed E-state index contributed by atoms with van der Waals surface area (Å²) in [6.07, 6.45) is 2.67. The molecule has 2 heteroatoms. The molecule has 1 aromatic rings. The van der Waals surface area contributed by atoms with Crippen LogP contribution >= 0.6 is 0 Å². The number of hydrogen-bond donors (Lipinski definition) is 1. The summed E-state index contributed by atoms with van der Waals surface area (Å²) >= 11 is 0. The Bertz CT molecular complexity index is 408. The maximum absolute atomic E-state index is 9.65. The molecule has 2 atom stereocenters. The Labute approximate surface area is 110 Å². The maximum atomic E-state index is 9.65. The molecule has 4 rings (SSSR count). The summed E-state index contributed by atoms with van der Waals surface area (Å²) in [5.41, 5.74) is 2.68. The molecule has 0 spiro atoms. The zero-order chi connectivity index (χ0) is 12.7. The number of aliphatic hydroxyl groups excluding tert-OH is 1. The van der Waals surface area contributed by atoms with Crippen LogP contribution in [0.2, 0.25) is 0 Å². The number of nitrogens with zero attached hydrogens (tertiary/aromatic N) is 1. The van der Waals surface area contributed by atoms with E-state index in [-0.39, 0.29) is 0 Å². The normalized spacial score (nSPS) is 35.3. The predicted octanol–water partition coefficient (Wildman–Crippen LogP) is 2.59. The molecule has 0 amide bonds. The topological polar surface area (TPSA) is 23.5 Å². The molecule has 3 fully saturated rings. The Morgan fingerprint density at radius 2 is 1.89 bits per heavy atom. The maximum Gasteiger partial charge on any atom is 0.0589 e. The third-order valence-corrected chi connectivity index (χ3v) is 5.07. The lowest BCUT2D eigenvalue weighted by molar-refractivity contribution is -0.0955. The van der Waals surface area contributed by atoms with Crippen LogP contribution in [0.5, 0.6) is 0 Å². The van der Waals surface area contributed by atoms with E-state index in [1.165, 1.54) is 24.0 Å². The first-order valence-electron chi connectivity index (χ1n) is 7.11. The highest BCUT2D eigenvalue weighted by Gasteiger charge is 2.47. The summed E-state index contributed by atoms with van der Waals surface area (Å²) in [5.74, 6) is 1.51. The van der Waals surface area contributed by atoms with Gasteiger partial charge in [0.1, 0.15) is 0 Å². The first kappa shape index (κ1) is 12.2. The summed E-state index contributed by atoms with van der Waals surface area (Å²) in [7, 11) is 0. The summed E-state index contributed by atoms with van der Waals surface area (Å²) < 4.78 is 0. The second-order valence-electron chi connectivity index (χ2n) is 6.15. The predicted molar refractivity (Wildman–Crippen MR) is 73.3 cm³/mol. The summed E-state index contributed by atoms with van der Waals surface area (Å²) in [5, 5.41) is 9.65. The molecule has 2 saturated heterocycles. The summed E-state index contributed by atoms with van der Waals surface area (Å²) in [6, 6.07) is 9.88. The molecule has 3 aliphatic rings. The molecule has 2 unspecified atom stereocenters. The average Bonchev–Trinajstić information content (AvgIpc) is 2.30. The van der Waals surface area contributed by atoms with E-state index >= 15 is 0 Å². The lowest BCUT2D eigenvalue weighted by Crippen LogP contribution is -2.61. The van der Waals surface area contributed by atoms with E-state index < -0.39 is 0 Å². The number of benzene rings is 1. The number of fused-ring (bicyclic) bond motifs is 2. The number of aryl methyl sites for hydroxylation is 1. The zero-order valence-electron chi connectivity index (χ0n) is 11.3. The van der Waals surface area contributed by atoms with Crippen molar-refractivity contribution in [3.05, 3.63) is 35.4 Å². The molecule has 2 heterocycles. The van der Waals surface area contributed by atoms with Gasteiger partial charge in [-0.2, -0.15) is 0 Å². The third-order valence-electron chi connectivity index (χ3n) is 5.07. The minimum Gasteiger partial charge on any atom is -0.395 e. The quantitative estimate of drug-likeness (QED) is 0.885. The first-order chi connectivity index (χ1) is 8.69. The summed E-state index contributed by atoms with van der Waals surface area (Å²) in [4.78, 5) is 2.54. The number of aliphatic hydroxyl groups is 1. The molecule has 2 nitrogen and oxygen atoms in total. The van der Waals surface area contributed by atoms with Crippen molar-refractivity contribution in [1.29, 1.82) is 0 Å². The lowest BCUT2D eigenvalue weighted by Gasteiger charge is -2.57. The van der Waals surface area contributed by atoms with Crippen molar-refractivity contribution in [2.24, 2.45) is 11.8 Å². The van der Waals surface area contributed by atoms with Crippen LogP contribution in [0.15, 0.2) is 24.3 Å². The Kier molecular flexibility index (Phi) is 3.16. The highest BCUT2D eigenvalue weighted by Crippen LogP contribution is 2.46. The molecule has 1 N–H and O–H groups in total. The fourth-order valence-electron chi connectivity index (χ4n) is 3.64. The smallest absolute Gasteiger partial charge is 0.0589 e. The van der Waals surface area contributed by atoms with Crippen molar-refractivity contribution >= 4 is 0 Å². The van der Waals surface area contributed by atoms with Gasteiger partial charge in [0.2, 0.25) is 0 Å². The molecule has 0 radical (unpaired) electrons. The molecule has 0 aromatic heterocycles. The number of hydrogen-bond acceptors (Lipinski definition) is 2. The van der Waals surface area contributed by atoms with Crippen LogP contribution in [-0.2, 0) is 6.54 Å². The van der Waals surface area contributed by atoms with E-state index in [1.54, 1.807) is 0 Å². The van der Waals surface area contributed by atoms with E-state index in [0.29, 0.717) is 24.6 Å². The van der Waals surface area contributed by atoms with Crippen molar-refractivity contribution in [3.63, 3.8) is 0 Å². The minimum absolute atomic E-state index is 0.306. The van der Waals surface area contributed by atoms with Crippen LogP contribution in [0, 0.1) is 18.8 Å². The van der Waals surface area contributed by atoms with Crippen molar-refractivity contribution in [1.82, 2.24) is 4.90 Å². The molecular weight excluding hydrogens is 222 g/mol. The van der Waals surface area contributed by atoms with Crippen molar-refractivity contribution in [2.45, 2.75) is 45.3 Å². The molecular formula is C16H23NO. The van der Waals surface area contributed by atoms with Crippen LogP contribution in [-0.4, -0.2) is 28.7 Å². The van der Waals surface area contributed by atoms with E-state index in [9.17, 15) is 5.11 Å². The Hall–Kier alpha value is -0.860. The largest absolute Gasteiger partial charge is 0.395 e. The van der Waals surface area contributed by atoms with Crippen molar-refractivity contribution < 1.29 is 5.11 Å². The molecule has 1 aromatic carbocycles. The monoisotopic (exact) mass is 245 g/mol. The molecule has 18 heavy (non-hydrogen) atoms. The second kappa shape index (κ2) is 4.67. The third kappa shape index (κ3) is 1.98. The Morgan fingerprint density at radius 3 is 2.50 bits per heavy atom. The van der Waals surface area contributed by atoms with Gasteiger partial charge in [0.15, 0.2) is 0 Å². The van der Waals surface area contributed by atoms with Gasteiger partial charge < -0.3 is 5.11 Å². The Morgan fingerprint density at radius 1 is 1.22 bits per heavy atom.